The van der Waals surface area contributed by atoms with Crippen molar-refractivity contribution in [2.24, 2.45) is 0 Å². The lowest BCUT2D eigenvalue weighted by atomic mass is 10.7. The molecule has 0 aromatic heterocycles. The van der Waals surface area contributed by atoms with Gasteiger partial charge in [-0.2, -0.15) is 0 Å². The molecule has 0 aliphatic heterocycles. The van der Waals surface area contributed by atoms with Gasteiger partial charge in [-0.3, -0.25) is 0 Å². The number of allylic oxidation sites excluding steroid dienone is 1. The summed E-state index contributed by atoms with van der Waals surface area (Å²) in [4.78, 5) is 2.89. The number of rotatable bonds is 0. The van der Waals surface area contributed by atoms with Crippen LogP contribution in [-0.4, -0.2) is 0 Å². The summed E-state index contributed by atoms with van der Waals surface area (Å²) in [5, 5.41) is 0.532. The van der Waals surface area contributed by atoms with Crippen molar-refractivity contribution in [2.45, 2.75) is 6.92 Å². The molecule has 0 atom stereocenters. The first kappa shape index (κ1) is 5.52. The third kappa shape index (κ3) is 3.52. The van der Waals surface area contributed by atoms with Crippen LogP contribution in [0.3, 0.4) is 0 Å². The third-order valence-electron chi connectivity index (χ3n) is 0.242. The average molecular weight is 102 g/mol. The predicted molar refractivity (Wildman–Crippen MR) is 26.2 cm³/mol. The van der Waals surface area contributed by atoms with E-state index in [9.17, 15) is 0 Å². The molecule has 0 aliphatic carbocycles. The second kappa shape index (κ2) is 2.74. The van der Waals surface area contributed by atoms with Crippen molar-refractivity contribution >= 4 is 11.6 Å². The lowest BCUT2D eigenvalue weighted by Crippen LogP contribution is -1.46. The lowest BCUT2D eigenvalue weighted by Gasteiger charge is -1.69. The van der Waals surface area contributed by atoms with Gasteiger partial charge in [0, 0.05) is 5.03 Å². The molecule has 0 N–H and O–H groups in total. The Bertz CT molecular complexity index is 94.6. The Morgan fingerprint density at radius 2 is 2.50 bits per heavy atom. The molecule has 0 heterocycles. The minimum Gasteiger partial charge on any atom is -0.245 e. The van der Waals surface area contributed by atoms with Crippen LogP contribution in [0.15, 0.2) is 11.2 Å². The van der Waals surface area contributed by atoms with Gasteiger partial charge in [0.1, 0.15) is 0 Å². The van der Waals surface area contributed by atoms with Gasteiger partial charge in [0.25, 0.3) is 0 Å². The molecule has 0 saturated heterocycles. The summed E-state index contributed by atoms with van der Waals surface area (Å²) in [6.07, 6.45) is 1.27. The summed E-state index contributed by atoms with van der Waals surface area (Å²) in [5.41, 5.74) is 0. The van der Waals surface area contributed by atoms with Crippen LogP contribution >= 0.6 is 11.6 Å². The molecular weight excluding hydrogens is 97.5 g/mol. The molecule has 0 rings (SSSR count). The molecule has 2 heteroatoms. The fourth-order valence-electron chi connectivity index (χ4n) is 0.0889. The molecular formula is C4H4ClN. The molecule has 6 heavy (non-hydrogen) atoms. The van der Waals surface area contributed by atoms with Crippen LogP contribution in [0.1, 0.15) is 6.92 Å². The minimum atomic E-state index is 0.532. The molecule has 0 aliphatic rings. The highest BCUT2D eigenvalue weighted by molar-refractivity contribution is 6.29. The summed E-state index contributed by atoms with van der Waals surface area (Å²) >= 11 is 5.23. The van der Waals surface area contributed by atoms with Gasteiger partial charge in [-0.15, -0.1) is 11.6 Å². The molecule has 0 radical (unpaired) electrons. The smallest absolute Gasteiger partial charge is 0.168 e. The Labute approximate surface area is 42.1 Å². The fraction of sp³-hybridized carbons (Fsp3) is 0.250. The molecule has 0 bridgehead atoms. The minimum absolute atomic E-state index is 0.532. The van der Waals surface area contributed by atoms with E-state index in [0.717, 1.165) is 0 Å². The van der Waals surface area contributed by atoms with Crippen LogP contribution in [0.25, 0.3) is 4.85 Å². The third-order valence-corrected chi connectivity index (χ3v) is 0.340. The first-order valence-corrected chi connectivity index (χ1v) is 1.84. The van der Waals surface area contributed by atoms with Crippen molar-refractivity contribution in [3.05, 3.63) is 22.6 Å². The highest BCUT2D eigenvalue weighted by Crippen LogP contribution is 1.95. The highest BCUT2D eigenvalue weighted by atomic mass is 35.5. The molecule has 0 aromatic rings. The molecule has 32 valence electrons. The van der Waals surface area contributed by atoms with Gasteiger partial charge in [-0.05, 0) is 6.92 Å². The molecule has 0 aromatic carbocycles. The molecule has 0 saturated carbocycles. The van der Waals surface area contributed by atoms with Crippen LogP contribution in [0.2, 0.25) is 0 Å². The van der Waals surface area contributed by atoms with Gasteiger partial charge in [0.05, 0.1) is 6.57 Å². The van der Waals surface area contributed by atoms with Crippen LogP contribution in [-0.2, 0) is 0 Å². The largest absolute Gasteiger partial charge is 0.245 e. The second-order valence-corrected chi connectivity index (χ2v) is 1.44. The molecule has 0 spiro atoms. The maximum absolute atomic E-state index is 6.20. The first-order chi connectivity index (χ1) is 2.77. The summed E-state index contributed by atoms with van der Waals surface area (Å²) in [5.74, 6) is 0. The molecule has 0 amide bonds. The Morgan fingerprint density at radius 1 is 2.00 bits per heavy atom. The van der Waals surface area contributed by atoms with E-state index in [1.165, 1.54) is 6.20 Å². The topological polar surface area (TPSA) is 4.36 Å². The zero-order valence-electron chi connectivity index (χ0n) is 3.40. The van der Waals surface area contributed by atoms with E-state index in [1.807, 2.05) is 0 Å². The van der Waals surface area contributed by atoms with Crippen molar-refractivity contribution in [3.63, 3.8) is 0 Å². The SMILES string of the molecule is [C-]#[N+]C=C(C)Cl. The van der Waals surface area contributed by atoms with Crippen molar-refractivity contribution in [1.82, 2.24) is 0 Å². The Kier molecular flexibility index (Phi) is 2.52. The van der Waals surface area contributed by atoms with E-state index in [-0.39, 0.29) is 0 Å². The van der Waals surface area contributed by atoms with Crippen LogP contribution in [0, 0.1) is 6.57 Å². The molecule has 1 nitrogen and oxygen atoms in total. The van der Waals surface area contributed by atoms with Gasteiger partial charge in [0.15, 0.2) is 6.20 Å². The van der Waals surface area contributed by atoms with Gasteiger partial charge < -0.3 is 0 Å². The Morgan fingerprint density at radius 3 is 2.50 bits per heavy atom. The number of nitrogens with zero attached hydrogens (tertiary/aromatic N) is 1. The van der Waals surface area contributed by atoms with Crippen molar-refractivity contribution in [2.75, 3.05) is 0 Å². The van der Waals surface area contributed by atoms with Crippen LogP contribution in [0.5, 0.6) is 0 Å². The predicted octanol–water partition coefficient (Wildman–Crippen LogP) is 2.01. The van der Waals surface area contributed by atoms with Crippen LogP contribution in [0.4, 0.5) is 0 Å². The van der Waals surface area contributed by atoms with E-state index in [0.29, 0.717) is 5.03 Å². The Hall–Kier alpha value is -0.480. The number of hydrogen-bond donors (Lipinski definition) is 0. The first-order valence-electron chi connectivity index (χ1n) is 1.46. The van der Waals surface area contributed by atoms with E-state index in [1.54, 1.807) is 6.92 Å². The molecule has 0 fully saturated rings. The maximum atomic E-state index is 6.20. The van der Waals surface area contributed by atoms with Gasteiger partial charge in [0.2, 0.25) is 0 Å². The van der Waals surface area contributed by atoms with Crippen molar-refractivity contribution in [3.8, 4) is 0 Å². The normalized spacial score (nSPS) is 10.5. The van der Waals surface area contributed by atoms with E-state index in [4.69, 9.17) is 18.2 Å². The zero-order chi connectivity index (χ0) is 4.99. The van der Waals surface area contributed by atoms with Gasteiger partial charge in [-0.25, -0.2) is 4.85 Å². The number of hydrogen-bond acceptors (Lipinski definition) is 0. The quantitative estimate of drug-likeness (QED) is 0.411. The Balaban J connectivity index is 3.51. The van der Waals surface area contributed by atoms with E-state index < -0.39 is 0 Å². The number of halogens is 1. The monoisotopic (exact) mass is 101 g/mol. The standard InChI is InChI=1S/C4H4ClN/c1-4(5)3-6-2/h3H,1H3. The summed E-state index contributed by atoms with van der Waals surface area (Å²) in [7, 11) is 0. The van der Waals surface area contributed by atoms with Crippen molar-refractivity contribution in [1.29, 1.82) is 0 Å². The van der Waals surface area contributed by atoms with Gasteiger partial charge >= 0.3 is 0 Å². The highest BCUT2D eigenvalue weighted by Gasteiger charge is 1.69. The van der Waals surface area contributed by atoms with E-state index >= 15 is 0 Å². The zero-order valence-corrected chi connectivity index (χ0v) is 4.16. The average Bonchev–Trinajstić information content (AvgIpc) is 1.35. The summed E-state index contributed by atoms with van der Waals surface area (Å²) < 4.78 is 0. The maximum Gasteiger partial charge on any atom is 0.168 e. The summed E-state index contributed by atoms with van der Waals surface area (Å²) in [6, 6.07) is 0. The molecule has 0 unspecified atom stereocenters. The second-order valence-electron chi connectivity index (χ2n) is 0.845. The lowest BCUT2D eigenvalue weighted by molar-refractivity contribution is 1.66. The van der Waals surface area contributed by atoms with Gasteiger partial charge in [-0.1, -0.05) is 0 Å². The van der Waals surface area contributed by atoms with E-state index in [2.05, 4.69) is 4.85 Å². The summed E-state index contributed by atoms with van der Waals surface area (Å²) in [6.45, 7) is 7.86. The van der Waals surface area contributed by atoms with Crippen molar-refractivity contribution < 1.29 is 0 Å². The van der Waals surface area contributed by atoms with Crippen LogP contribution < -0.4 is 0 Å². The fourth-order valence-corrected chi connectivity index (χ4v) is 0.138.